The molecule has 0 saturated heterocycles. The molecule has 1 N–H and O–H groups in total. The molecule has 4 nitrogen and oxygen atoms in total. The molecular weight excluding hydrogens is 223 g/mol. The number of carboxylic acid groups (broad SMARTS) is 1. The number of imidazole rings is 1. The highest BCUT2D eigenvalue weighted by atomic mass is 19.1. The zero-order valence-electron chi connectivity index (χ0n) is 9.01. The third kappa shape index (κ3) is 2.50. The highest BCUT2D eigenvalue weighted by molar-refractivity contribution is 5.66. The van der Waals surface area contributed by atoms with Crippen LogP contribution in [0, 0.1) is 5.82 Å². The second-order valence-electron chi connectivity index (χ2n) is 3.56. The Morgan fingerprint density at radius 1 is 1.41 bits per heavy atom. The van der Waals surface area contributed by atoms with Gasteiger partial charge in [0.15, 0.2) is 0 Å². The van der Waals surface area contributed by atoms with Crippen molar-refractivity contribution in [2.24, 2.45) is 0 Å². The van der Waals surface area contributed by atoms with Crippen LogP contribution in [0.25, 0.3) is 5.69 Å². The molecule has 0 bridgehead atoms. The molecule has 1 heterocycles. The van der Waals surface area contributed by atoms with Crippen molar-refractivity contribution in [3.8, 4) is 5.69 Å². The van der Waals surface area contributed by atoms with Crippen molar-refractivity contribution in [2.45, 2.75) is 12.8 Å². The fourth-order valence-corrected chi connectivity index (χ4v) is 1.60. The number of aliphatic carboxylic acids is 1. The Kier molecular flexibility index (Phi) is 3.18. The van der Waals surface area contributed by atoms with E-state index in [0.29, 0.717) is 11.5 Å². The summed E-state index contributed by atoms with van der Waals surface area (Å²) in [5.74, 6) is -0.715. The van der Waals surface area contributed by atoms with Crippen molar-refractivity contribution < 1.29 is 14.3 Å². The molecule has 0 radical (unpaired) electrons. The van der Waals surface area contributed by atoms with Gasteiger partial charge in [-0.2, -0.15) is 0 Å². The number of carbonyl (C=O) groups is 1. The molecule has 0 amide bonds. The number of para-hydroxylation sites is 1. The van der Waals surface area contributed by atoms with Crippen molar-refractivity contribution >= 4 is 5.97 Å². The molecule has 2 rings (SSSR count). The zero-order valence-corrected chi connectivity index (χ0v) is 9.01. The summed E-state index contributed by atoms with van der Waals surface area (Å²) in [6.07, 6.45) is 3.40. The van der Waals surface area contributed by atoms with Crippen LogP contribution in [0.4, 0.5) is 4.39 Å². The third-order valence-corrected chi connectivity index (χ3v) is 2.39. The minimum Gasteiger partial charge on any atom is -0.481 e. The van der Waals surface area contributed by atoms with Crippen LogP contribution in [-0.4, -0.2) is 20.6 Å². The van der Waals surface area contributed by atoms with Crippen LogP contribution in [0.3, 0.4) is 0 Å². The van der Waals surface area contributed by atoms with Gasteiger partial charge in [0.05, 0.1) is 12.1 Å². The molecule has 0 aliphatic rings. The third-order valence-electron chi connectivity index (χ3n) is 2.39. The Hall–Kier alpha value is -2.17. The molecule has 2 aromatic rings. The smallest absolute Gasteiger partial charge is 0.303 e. The van der Waals surface area contributed by atoms with E-state index in [1.807, 2.05) is 0 Å². The molecule has 0 aliphatic carbocycles. The first-order valence-corrected chi connectivity index (χ1v) is 5.17. The van der Waals surface area contributed by atoms with Gasteiger partial charge < -0.3 is 9.67 Å². The maximum atomic E-state index is 13.6. The lowest BCUT2D eigenvalue weighted by molar-refractivity contribution is -0.137. The van der Waals surface area contributed by atoms with Crippen molar-refractivity contribution in [3.63, 3.8) is 0 Å². The van der Waals surface area contributed by atoms with Crippen molar-refractivity contribution in [1.82, 2.24) is 9.55 Å². The number of aryl methyl sites for hydroxylation is 1. The van der Waals surface area contributed by atoms with Gasteiger partial charge in [0.1, 0.15) is 11.6 Å². The summed E-state index contributed by atoms with van der Waals surface area (Å²) in [6, 6.07) is 6.31. The second kappa shape index (κ2) is 4.78. The molecular formula is C12H11FN2O2. The van der Waals surface area contributed by atoms with Gasteiger partial charge in [-0.05, 0) is 12.1 Å². The van der Waals surface area contributed by atoms with E-state index in [1.54, 1.807) is 29.0 Å². The van der Waals surface area contributed by atoms with Gasteiger partial charge in [0, 0.05) is 18.8 Å². The highest BCUT2D eigenvalue weighted by Crippen LogP contribution is 2.15. The molecule has 1 aromatic carbocycles. The Morgan fingerprint density at radius 3 is 2.88 bits per heavy atom. The molecule has 1 aromatic heterocycles. The molecule has 5 heteroatoms. The van der Waals surface area contributed by atoms with Crippen LogP contribution in [0.1, 0.15) is 12.2 Å². The normalized spacial score (nSPS) is 10.4. The van der Waals surface area contributed by atoms with Gasteiger partial charge in [-0.15, -0.1) is 0 Å². The lowest BCUT2D eigenvalue weighted by Crippen LogP contribution is -2.05. The van der Waals surface area contributed by atoms with Crippen LogP contribution in [0.15, 0.2) is 36.7 Å². The van der Waals surface area contributed by atoms with Gasteiger partial charge in [0.25, 0.3) is 0 Å². The average Bonchev–Trinajstić information content (AvgIpc) is 2.75. The highest BCUT2D eigenvalue weighted by Gasteiger charge is 2.09. The Labute approximate surface area is 97.3 Å². The minimum absolute atomic E-state index is 0.0224. The standard InChI is InChI=1S/C12H11FN2O2/c13-9-3-1-2-4-10(9)15-8-7-14-11(15)5-6-12(16)17/h1-4,7-8H,5-6H2,(H,16,17). The number of hydrogen-bond acceptors (Lipinski definition) is 2. The molecule has 88 valence electrons. The fourth-order valence-electron chi connectivity index (χ4n) is 1.60. The topological polar surface area (TPSA) is 55.1 Å². The van der Waals surface area contributed by atoms with Gasteiger partial charge in [-0.3, -0.25) is 4.79 Å². The number of benzene rings is 1. The molecule has 0 saturated carbocycles. The molecule has 0 aliphatic heterocycles. The lowest BCUT2D eigenvalue weighted by atomic mass is 10.2. The van der Waals surface area contributed by atoms with Crippen LogP contribution in [-0.2, 0) is 11.2 Å². The minimum atomic E-state index is -0.895. The Bertz CT molecular complexity index is 537. The van der Waals surface area contributed by atoms with E-state index >= 15 is 0 Å². The van der Waals surface area contributed by atoms with Crippen LogP contribution < -0.4 is 0 Å². The largest absolute Gasteiger partial charge is 0.481 e. The monoisotopic (exact) mass is 234 g/mol. The van der Waals surface area contributed by atoms with Crippen LogP contribution >= 0.6 is 0 Å². The van der Waals surface area contributed by atoms with Crippen molar-refractivity contribution in [3.05, 3.63) is 48.3 Å². The fraction of sp³-hybridized carbons (Fsp3) is 0.167. The van der Waals surface area contributed by atoms with E-state index in [1.165, 1.54) is 12.3 Å². The quantitative estimate of drug-likeness (QED) is 0.880. The van der Waals surface area contributed by atoms with Crippen LogP contribution in [0.2, 0.25) is 0 Å². The number of nitrogens with zero attached hydrogens (tertiary/aromatic N) is 2. The molecule has 0 unspecified atom stereocenters. The van der Waals surface area contributed by atoms with E-state index in [0.717, 1.165) is 0 Å². The maximum Gasteiger partial charge on any atom is 0.303 e. The molecule has 0 fully saturated rings. The number of carboxylic acids is 1. The molecule has 0 atom stereocenters. The van der Waals surface area contributed by atoms with E-state index in [4.69, 9.17) is 5.11 Å². The Morgan fingerprint density at radius 2 is 2.18 bits per heavy atom. The number of halogens is 1. The zero-order chi connectivity index (χ0) is 12.3. The van der Waals surface area contributed by atoms with E-state index < -0.39 is 5.97 Å². The van der Waals surface area contributed by atoms with Crippen molar-refractivity contribution in [1.29, 1.82) is 0 Å². The average molecular weight is 234 g/mol. The van der Waals surface area contributed by atoms with Gasteiger partial charge in [-0.1, -0.05) is 12.1 Å². The number of hydrogen-bond donors (Lipinski definition) is 1. The van der Waals surface area contributed by atoms with Gasteiger partial charge in [0.2, 0.25) is 0 Å². The lowest BCUT2D eigenvalue weighted by Gasteiger charge is -2.07. The van der Waals surface area contributed by atoms with Crippen molar-refractivity contribution in [2.75, 3.05) is 0 Å². The van der Waals surface area contributed by atoms with E-state index in [2.05, 4.69) is 4.98 Å². The van der Waals surface area contributed by atoms with Gasteiger partial charge in [-0.25, -0.2) is 9.37 Å². The van der Waals surface area contributed by atoms with E-state index in [9.17, 15) is 9.18 Å². The van der Waals surface area contributed by atoms with Crippen LogP contribution in [0.5, 0.6) is 0 Å². The predicted octanol–water partition coefficient (Wildman–Crippen LogP) is 2.03. The summed E-state index contributed by atoms with van der Waals surface area (Å²) in [5.41, 5.74) is 0.380. The summed E-state index contributed by atoms with van der Waals surface area (Å²) in [4.78, 5) is 14.5. The summed E-state index contributed by atoms with van der Waals surface area (Å²) < 4.78 is 15.1. The number of aromatic nitrogens is 2. The predicted molar refractivity (Wildman–Crippen MR) is 59.5 cm³/mol. The molecule has 17 heavy (non-hydrogen) atoms. The molecule has 0 spiro atoms. The summed E-state index contributed by atoms with van der Waals surface area (Å²) in [6.45, 7) is 0. The van der Waals surface area contributed by atoms with Gasteiger partial charge >= 0.3 is 5.97 Å². The summed E-state index contributed by atoms with van der Waals surface area (Å²) >= 11 is 0. The maximum absolute atomic E-state index is 13.6. The SMILES string of the molecule is O=C(O)CCc1nccn1-c1ccccc1F. The Balaban J connectivity index is 2.31. The first-order valence-electron chi connectivity index (χ1n) is 5.17. The number of rotatable bonds is 4. The first kappa shape index (κ1) is 11.3. The second-order valence-corrected chi connectivity index (χ2v) is 3.56. The first-order chi connectivity index (χ1) is 8.18. The summed E-state index contributed by atoms with van der Waals surface area (Å²) in [5, 5.41) is 8.62. The summed E-state index contributed by atoms with van der Waals surface area (Å²) in [7, 11) is 0. The van der Waals surface area contributed by atoms with E-state index in [-0.39, 0.29) is 18.7 Å².